The van der Waals surface area contributed by atoms with Crippen molar-refractivity contribution >= 4 is 11.3 Å². The van der Waals surface area contributed by atoms with Crippen molar-refractivity contribution in [2.75, 3.05) is 20.1 Å². The van der Waals surface area contributed by atoms with E-state index in [-0.39, 0.29) is 6.04 Å². The Labute approximate surface area is 121 Å². The third-order valence-corrected chi connectivity index (χ3v) is 5.44. The molecule has 1 fully saturated rings. The highest BCUT2D eigenvalue weighted by Gasteiger charge is 2.34. The molecule has 3 nitrogen and oxygen atoms in total. The van der Waals surface area contributed by atoms with E-state index in [1.165, 1.54) is 4.88 Å². The Hall–Kier alpha value is -0.420. The molecule has 0 aliphatic carbocycles. The van der Waals surface area contributed by atoms with Gasteiger partial charge in [-0.2, -0.15) is 0 Å². The van der Waals surface area contributed by atoms with Crippen molar-refractivity contribution in [2.45, 2.75) is 51.4 Å². The van der Waals surface area contributed by atoms with E-state index in [2.05, 4.69) is 55.1 Å². The first-order valence-corrected chi connectivity index (χ1v) is 8.17. The van der Waals surface area contributed by atoms with Gasteiger partial charge in [0.1, 0.15) is 0 Å². The molecule has 2 rings (SSSR count). The van der Waals surface area contributed by atoms with Gasteiger partial charge in [0, 0.05) is 36.1 Å². The molecule has 1 aromatic rings. The number of nitrogens with two attached hydrogens (primary N) is 1. The zero-order valence-corrected chi connectivity index (χ0v) is 13.4. The summed E-state index contributed by atoms with van der Waals surface area (Å²) in [7, 11) is 2.23. The minimum absolute atomic E-state index is 0.224. The van der Waals surface area contributed by atoms with Gasteiger partial charge < -0.3 is 5.73 Å². The number of likely N-dealkylation sites (N-methyl/N-ethyl adjacent to an activating group) is 1. The van der Waals surface area contributed by atoms with Gasteiger partial charge >= 0.3 is 0 Å². The second-order valence-corrected chi connectivity index (χ2v) is 6.83. The third-order valence-electron chi connectivity index (χ3n) is 4.49. The van der Waals surface area contributed by atoms with Gasteiger partial charge in [0.2, 0.25) is 0 Å². The van der Waals surface area contributed by atoms with Gasteiger partial charge in [0.05, 0.1) is 6.04 Å². The average Bonchev–Trinajstić information content (AvgIpc) is 2.89. The van der Waals surface area contributed by atoms with E-state index in [1.807, 2.05) is 11.3 Å². The van der Waals surface area contributed by atoms with Crippen molar-refractivity contribution < 1.29 is 0 Å². The number of piperazine rings is 1. The van der Waals surface area contributed by atoms with Gasteiger partial charge in [-0.3, -0.25) is 9.80 Å². The fourth-order valence-electron chi connectivity index (χ4n) is 3.02. The van der Waals surface area contributed by atoms with E-state index in [1.54, 1.807) is 0 Å². The molecular weight excluding hydrogens is 254 g/mol. The SMILES string of the molecule is CCC(N)C(c1cccs1)N1CC(C)N(C)C(C)C1. The number of thiophene rings is 1. The Morgan fingerprint density at radius 1 is 1.37 bits per heavy atom. The lowest BCUT2D eigenvalue weighted by Crippen LogP contribution is -2.57. The molecule has 4 unspecified atom stereocenters. The van der Waals surface area contributed by atoms with Gasteiger partial charge in [0.15, 0.2) is 0 Å². The van der Waals surface area contributed by atoms with E-state index >= 15 is 0 Å². The molecule has 108 valence electrons. The summed E-state index contributed by atoms with van der Waals surface area (Å²) < 4.78 is 0. The van der Waals surface area contributed by atoms with Crippen molar-refractivity contribution in [3.05, 3.63) is 22.4 Å². The van der Waals surface area contributed by atoms with Crippen molar-refractivity contribution in [3.63, 3.8) is 0 Å². The predicted molar refractivity (Wildman–Crippen MR) is 83.6 cm³/mol. The maximum Gasteiger partial charge on any atom is 0.0594 e. The van der Waals surface area contributed by atoms with Crippen molar-refractivity contribution in [2.24, 2.45) is 5.73 Å². The molecule has 0 bridgehead atoms. The summed E-state index contributed by atoms with van der Waals surface area (Å²) in [5.74, 6) is 0. The van der Waals surface area contributed by atoms with Crippen LogP contribution >= 0.6 is 11.3 Å². The van der Waals surface area contributed by atoms with Crippen LogP contribution in [0.15, 0.2) is 17.5 Å². The van der Waals surface area contributed by atoms with E-state index in [9.17, 15) is 0 Å². The largest absolute Gasteiger partial charge is 0.326 e. The second kappa shape index (κ2) is 6.35. The molecular formula is C15H27N3S. The van der Waals surface area contributed by atoms with Crippen molar-refractivity contribution in [1.82, 2.24) is 9.80 Å². The van der Waals surface area contributed by atoms with Gasteiger partial charge in [-0.05, 0) is 38.8 Å². The average molecular weight is 281 g/mol. The predicted octanol–water partition coefficient (Wildman–Crippen LogP) is 2.55. The fraction of sp³-hybridized carbons (Fsp3) is 0.733. The molecule has 1 aromatic heterocycles. The third kappa shape index (κ3) is 3.19. The second-order valence-electron chi connectivity index (χ2n) is 5.85. The Morgan fingerprint density at radius 2 is 2.00 bits per heavy atom. The molecule has 4 atom stereocenters. The molecule has 1 saturated heterocycles. The van der Waals surface area contributed by atoms with Crippen LogP contribution in [0.2, 0.25) is 0 Å². The lowest BCUT2D eigenvalue weighted by molar-refractivity contribution is 0.0264. The van der Waals surface area contributed by atoms with Crippen molar-refractivity contribution in [3.8, 4) is 0 Å². The monoisotopic (exact) mass is 281 g/mol. The first kappa shape index (κ1) is 15.0. The molecule has 4 heteroatoms. The smallest absolute Gasteiger partial charge is 0.0594 e. The number of hydrogen-bond donors (Lipinski definition) is 1. The van der Waals surface area contributed by atoms with Crippen LogP contribution in [0.5, 0.6) is 0 Å². The molecule has 19 heavy (non-hydrogen) atoms. The maximum atomic E-state index is 6.42. The summed E-state index contributed by atoms with van der Waals surface area (Å²) >= 11 is 1.84. The summed E-state index contributed by atoms with van der Waals surface area (Å²) in [6, 6.07) is 6.16. The van der Waals surface area contributed by atoms with Gasteiger partial charge in [0.25, 0.3) is 0 Å². The number of hydrogen-bond acceptors (Lipinski definition) is 4. The first-order valence-electron chi connectivity index (χ1n) is 7.29. The van der Waals surface area contributed by atoms with Crippen LogP contribution in [0, 0.1) is 0 Å². The molecule has 1 aliphatic rings. The van der Waals surface area contributed by atoms with Crippen LogP contribution in [-0.2, 0) is 0 Å². The molecule has 0 saturated carbocycles. The highest BCUT2D eigenvalue weighted by molar-refractivity contribution is 7.10. The zero-order chi connectivity index (χ0) is 14.0. The molecule has 0 aromatic carbocycles. The van der Waals surface area contributed by atoms with Crippen molar-refractivity contribution in [1.29, 1.82) is 0 Å². The summed E-state index contributed by atoms with van der Waals surface area (Å²) in [6.45, 7) is 9.03. The van der Waals surface area contributed by atoms with Gasteiger partial charge in [-0.15, -0.1) is 11.3 Å². The van der Waals surface area contributed by atoms with Crippen LogP contribution in [-0.4, -0.2) is 48.1 Å². The van der Waals surface area contributed by atoms with Gasteiger partial charge in [-0.25, -0.2) is 0 Å². The summed E-state index contributed by atoms with van der Waals surface area (Å²) in [5.41, 5.74) is 6.42. The summed E-state index contributed by atoms with van der Waals surface area (Å²) in [6.07, 6.45) is 1.03. The van der Waals surface area contributed by atoms with E-state index in [0.717, 1.165) is 19.5 Å². The quantitative estimate of drug-likeness (QED) is 0.920. The molecule has 0 radical (unpaired) electrons. The zero-order valence-electron chi connectivity index (χ0n) is 12.5. The fourth-order valence-corrected chi connectivity index (χ4v) is 3.95. The Bertz CT molecular complexity index is 367. The molecule has 1 aliphatic heterocycles. The molecule has 2 N–H and O–H groups in total. The van der Waals surface area contributed by atoms with Crippen LogP contribution in [0.3, 0.4) is 0 Å². The Balaban J connectivity index is 2.19. The minimum atomic E-state index is 0.224. The molecule has 0 spiro atoms. The van der Waals surface area contributed by atoms with Crippen LogP contribution in [0.1, 0.15) is 38.1 Å². The number of nitrogens with zero attached hydrogens (tertiary/aromatic N) is 2. The topological polar surface area (TPSA) is 32.5 Å². The maximum absolute atomic E-state index is 6.42. The lowest BCUT2D eigenvalue weighted by Gasteiger charge is -2.46. The summed E-state index contributed by atoms with van der Waals surface area (Å²) in [4.78, 5) is 6.48. The van der Waals surface area contributed by atoms with Gasteiger partial charge in [-0.1, -0.05) is 13.0 Å². The Kier molecular flexibility index (Phi) is 5.01. The normalized spacial score (nSPS) is 29.3. The highest BCUT2D eigenvalue weighted by atomic mass is 32.1. The van der Waals surface area contributed by atoms with Crippen LogP contribution in [0.25, 0.3) is 0 Å². The Morgan fingerprint density at radius 3 is 2.47 bits per heavy atom. The first-order chi connectivity index (χ1) is 9.04. The summed E-state index contributed by atoms with van der Waals surface area (Å²) in [5, 5.41) is 2.16. The minimum Gasteiger partial charge on any atom is -0.326 e. The molecule has 0 amide bonds. The highest BCUT2D eigenvalue weighted by Crippen LogP contribution is 2.31. The van der Waals surface area contributed by atoms with Crippen LogP contribution < -0.4 is 5.73 Å². The van der Waals surface area contributed by atoms with E-state index in [4.69, 9.17) is 5.73 Å². The van der Waals surface area contributed by atoms with Crippen LogP contribution in [0.4, 0.5) is 0 Å². The lowest BCUT2D eigenvalue weighted by atomic mass is 9.99. The number of rotatable bonds is 4. The molecule has 2 heterocycles. The van der Waals surface area contributed by atoms with E-state index in [0.29, 0.717) is 18.1 Å². The van der Waals surface area contributed by atoms with E-state index < -0.39 is 0 Å². The standard InChI is InChI=1S/C15H27N3S/c1-5-13(16)15(14-7-6-8-19-14)18-9-11(2)17(4)12(3)10-18/h6-8,11-13,15H,5,9-10,16H2,1-4H3.